The Hall–Kier alpha value is -3.80. The van der Waals surface area contributed by atoms with Crippen LogP contribution in [0, 0.1) is 31.0 Å². The highest BCUT2D eigenvalue weighted by Gasteiger charge is 2.22. The lowest BCUT2D eigenvalue weighted by Gasteiger charge is -2.22. The van der Waals surface area contributed by atoms with Gasteiger partial charge in [0, 0.05) is 18.0 Å². The van der Waals surface area contributed by atoms with Crippen LogP contribution in [0.1, 0.15) is 71.8 Å². The number of rotatable bonds is 4. The molecule has 4 rings (SSSR count). The van der Waals surface area contributed by atoms with Crippen LogP contribution in [-0.2, 0) is 6.42 Å². The molecule has 0 atom stereocenters. The van der Waals surface area contributed by atoms with Crippen LogP contribution in [0.3, 0.4) is 0 Å². The van der Waals surface area contributed by atoms with E-state index in [2.05, 4.69) is 5.10 Å². The number of hydrogen-bond donors (Lipinski definition) is 2. The lowest BCUT2D eigenvalue weighted by molar-refractivity contribution is 0.405. The number of nitrogens with one attached hydrogen (secondary N) is 1. The normalized spacial score (nSPS) is 14.2. The van der Waals surface area contributed by atoms with Gasteiger partial charge in [-0.05, 0) is 61.6 Å². The minimum Gasteiger partial charge on any atom is -0.506 e. The van der Waals surface area contributed by atoms with Crippen LogP contribution in [0.2, 0.25) is 0 Å². The molecule has 0 saturated heterocycles. The Bertz CT molecular complexity index is 1380. The van der Waals surface area contributed by atoms with Gasteiger partial charge in [0.2, 0.25) is 5.69 Å². The Morgan fingerprint density at radius 1 is 1.24 bits per heavy atom. The predicted molar refractivity (Wildman–Crippen MR) is 119 cm³/mol. The molecular weight excluding hydrogens is 425 g/mol. The maximum Gasteiger partial charge on any atom is 0.349 e. The van der Waals surface area contributed by atoms with E-state index in [4.69, 9.17) is 10.2 Å². The van der Waals surface area contributed by atoms with Crippen LogP contribution in [-0.4, -0.2) is 24.9 Å². The molecule has 1 saturated carbocycles. The van der Waals surface area contributed by atoms with Crippen molar-refractivity contribution < 1.29 is 9.50 Å². The zero-order valence-corrected chi connectivity index (χ0v) is 18.5. The summed E-state index contributed by atoms with van der Waals surface area (Å²) in [6.07, 6.45) is 5.78. The highest BCUT2D eigenvalue weighted by Crippen LogP contribution is 2.36. The first-order valence-electron chi connectivity index (χ1n) is 10.9. The number of benzene rings is 1. The highest BCUT2D eigenvalue weighted by atomic mass is 19.1. The van der Waals surface area contributed by atoms with E-state index in [0.717, 1.165) is 31.4 Å². The number of pyridine rings is 1. The molecule has 1 aromatic carbocycles. The number of aromatic amines is 1. The molecule has 2 N–H and O–H groups in total. The van der Waals surface area contributed by atoms with E-state index in [1.165, 1.54) is 12.5 Å². The number of nitriles is 1. The average molecular weight is 449 g/mol. The third kappa shape index (κ3) is 4.29. The van der Waals surface area contributed by atoms with Gasteiger partial charge in [0.25, 0.3) is 5.56 Å². The van der Waals surface area contributed by atoms with Crippen LogP contribution < -0.4 is 11.2 Å². The van der Waals surface area contributed by atoms with Gasteiger partial charge < -0.3 is 5.11 Å². The highest BCUT2D eigenvalue weighted by molar-refractivity contribution is 5.48. The summed E-state index contributed by atoms with van der Waals surface area (Å²) < 4.78 is 16.0. The lowest BCUT2D eigenvalue weighted by atomic mass is 9.86. The Kier molecular flexibility index (Phi) is 6.09. The maximum atomic E-state index is 15.3. The largest absolute Gasteiger partial charge is 0.506 e. The quantitative estimate of drug-likeness (QED) is 0.630. The molecule has 1 aliphatic carbocycles. The average Bonchev–Trinajstić information content (AvgIpc) is 2.81. The van der Waals surface area contributed by atoms with E-state index in [1.807, 2.05) is 4.98 Å². The summed E-state index contributed by atoms with van der Waals surface area (Å²) in [4.78, 5) is 30.5. The molecular formula is C24H24FN5O3. The van der Waals surface area contributed by atoms with Crippen molar-refractivity contribution >= 4 is 0 Å². The van der Waals surface area contributed by atoms with Gasteiger partial charge in [-0.1, -0.05) is 19.3 Å². The van der Waals surface area contributed by atoms with Crippen molar-refractivity contribution in [3.05, 3.63) is 78.6 Å². The number of aromatic hydroxyl groups is 1. The zero-order valence-electron chi connectivity index (χ0n) is 18.5. The van der Waals surface area contributed by atoms with Gasteiger partial charge in [0.1, 0.15) is 17.5 Å². The fraction of sp³-hybridized carbons (Fsp3) is 0.375. The predicted octanol–water partition coefficient (Wildman–Crippen LogP) is 3.29. The lowest BCUT2D eigenvalue weighted by Crippen LogP contribution is -2.33. The molecule has 2 aromatic heterocycles. The Balaban J connectivity index is 1.73. The molecule has 9 heteroatoms. The zero-order chi connectivity index (χ0) is 23.7. The van der Waals surface area contributed by atoms with E-state index >= 15 is 4.39 Å². The second-order valence-electron chi connectivity index (χ2n) is 8.48. The molecule has 170 valence electrons. The summed E-state index contributed by atoms with van der Waals surface area (Å²) in [5.74, 6) is -0.252. The Labute approximate surface area is 189 Å². The summed E-state index contributed by atoms with van der Waals surface area (Å²) in [6.45, 7) is 3.39. The van der Waals surface area contributed by atoms with Crippen molar-refractivity contribution in [3.8, 4) is 17.5 Å². The summed E-state index contributed by atoms with van der Waals surface area (Å²) in [7, 11) is 0. The van der Waals surface area contributed by atoms with Gasteiger partial charge in [-0.25, -0.2) is 9.18 Å². The fourth-order valence-electron chi connectivity index (χ4n) is 4.50. The van der Waals surface area contributed by atoms with Crippen molar-refractivity contribution in [1.29, 1.82) is 5.26 Å². The number of aromatic nitrogens is 4. The number of H-pyrrole nitrogens is 1. The van der Waals surface area contributed by atoms with Crippen molar-refractivity contribution in [2.45, 2.75) is 58.3 Å². The number of hydrogen-bond acceptors (Lipinski definition) is 6. The second kappa shape index (κ2) is 8.98. The maximum absolute atomic E-state index is 15.3. The fourth-order valence-corrected chi connectivity index (χ4v) is 4.50. The molecule has 0 spiro atoms. The molecule has 2 heterocycles. The van der Waals surface area contributed by atoms with Gasteiger partial charge in [-0.2, -0.15) is 9.94 Å². The van der Waals surface area contributed by atoms with E-state index in [0.29, 0.717) is 33.5 Å². The van der Waals surface area contributed by atoms with Gasteiger partial charge in [0.15, 0.2) is 5.82 Å². The minimum absolute atomic E-state index is 0.145. The summed E-state index contributed by atoms with van der Waals surface area (Å²) >= 11 is 0. The molecule has 3 aromatic rings. The molecule has 8 nitrogen and oxygen atoms in total. The first-order chi connectivity index (χ1) is 15.8. The van der Waals surface area contributed by atoms with Crippen molar-refractivity contribution in [2.24, 2.45) is 0 Å². The second-order valence-corrected chi connectivity index (χ2v) is 8.48. The van der Waals surface area contributed by atoms with Crippen LogP contribution >= 0.6 is 0 Å². The smallest absolute Gasteiger partial charge is 0.349 e. The van der Waals surface area contributed by atoms with Crippen LogP contribution in [0.4, 0.5) is 4.39 Å². The van der Waals surface area contributed by atoms with Gasteiger partial charge in [0.05, 0.1) is 5.69 Å². The number of aryl methyl sites for hydroxylation is 1. The monoisotopic (exact) mass is 449 g/mol. The summed E-state index contributed by atoms with van der Waals surface area (Å²) in [6, 6.07) is 6.45. The Morgan fingerprint density at radius 2 is 1.97 bits per heavy atom. The molecule has 0 radical (unpaired) electrons. The first kappa shape index (κ1) is 22.4. The van der Waals surface area contributed by atoms with Crippen molar-refractivity contribution in [3.63, 3.8) is 0 Å². The minimum atomic E-state index is -0.929. The molecule has 1 aliphatic rings. The molecule has 33 heavy (non-hydrogen) atoms. The van der Waals surface area contributed by atoms with E-state index in [-0.39, 0.29) is 17.4 Å². The van der Waals surface area contributed by atoms with Gasteiger partial charge in [-0.15, -0.1) is 5.10 Å². The van der Waals surface area contributed by atoms with E-state index in [9.17, 15) is 14.7 Å². The molecule has 0 unspecified atom stereocenters. The molecule has 0 amide bonds. The topological polar surface area (TPSA) is 125 Å². The van der Waals surface area contributed by atoms with Gasteiger partial charge in [-0.3, -0.25) is 14.8 Å². The van der Waals surface area contributed by atoms with Crippen molar-refractivity contribution in [2.75, 3.05) is 0 Å². The molecule has 1 fully saturated rings. The third-order valence-electron chi connectivity index (χ3n) is 6.31. The van der Waals surface area contributed by atoms with Crippen LogP contribution in [0.5, 0.6) is 5.75 Å². The summed E-state index contributed by atoms with van der Waals surface area (Å²) in [5.41, 5.74) is 0.629. The molecule has 0 aliphatic heterocycles. The number of halogens is 1. The number of nitrogens with zero attached hydrogens (tertiary/aromatic N) is 4. The Morgan fingerprint density at radius 3 is 2.67 bits per heavy atom. The standard InChI is InChI=1S/C24H24FN5O3/c1-13-10-19(30-24(33)28-23(32)18(12-26)29-30)21(25)14(2)17(13)11-16-8-9-20(31)22(27-16)15-6-4-3-5-7-15/h8-10,15,31H,3-7,11H2,1-2H3,(H,28,32,33). The van der Waals surface area contributed by atoms with E-state index in [1.54, 1.807) is 32.0 Å². The van der Waals surface area contributed by atoms with Crippen LogP contribution in [0.15, 0.2) is 27.8 Å². The molecule has 0 bridgehead atoms. The third-order valence-corrected chi connectivity index (χ3v) is 6.31. The first-order valence-corrected chi connectivity index (χ1v) is 10.9. The van der Waals surface area contributed by atoms with E-state index < -0.39 is 22.8 Å². The van der Waals surface area contributed by atoms with Crippen LogP contribution in [0.25, 0.3) is 5.69 Å². The summed E-state index contributed by atoms with van der Waals surface area (Å²) in [5, 5.41) is 23.1. The van der Waals surface area contributed by atoms with Gasteiger partial charge >= 0.3 is 5.69 Å². The van der Waals surface area contributed by atoms with Crippen molar-refractivity contribution in [1.82, 2.24) is 19.7 Å². The SMILES string of the molecule is Cc1cc(-n2nc(C#N)c(=O)[nH]c2=O)c(F)c(C)c1Cc1ccc(O)c(C2CCCCC2)n1.